The van der Waals surface area contributed by atoms with Crippen molar-refractivity contribution in [1.29, 1.82) is 0 Å². The van der Waals surface area contributed by atoms with E-state index in [2.05, 4.69) is 36.1 Å². The van der Waals surface area contributed by atoms with Gasteiger partial charge in [-0.05, 0) is 50.5 Å². The molecule has 1 aromatic carbocycles. The molecule has 1 aliphatic heterocycles. The topological polar surface area (TPSA) is 38.5 Å². The molecule has 3 heteroatoms. The van der Waals surface area contributed by atoms with Crippen molar-refractivity contribution in [1.82, 2.24) is 0 Å². The Hall–Kier alpha value is -1.22. The van der Waals surface area contributed by atoms with Crippen molar-refractivity contribution in [3.05, 3.63) is 24.3 Å². The molecule has 0 bridgehead atoms. The van der Waals surface area contributed by atoms with Crippen LogP contribution >= 0.6 is 0 Å². The molecule has 0 saturated carbocycles. The summed E-state index contributed by atoms with van der Waals surface area (Å²) >= 11 is 0. The molecule has 3 nitrogen and oxygen atoms in total. The van der Waals surface area contributed by atoms with Crippen molar-refractivity contribution in [2.75, 3.05) is 18.0 Å². The number of nitrogens with two attached hydrogens (primary N) is 1. The first kappa shape index (κ1) is 13.2. The average Bonchev–Trinajstić information content (AvgIpc) is 2.33. The van der Waals surface area contributed by atoms with Crippen molar-refractivity contribution in [3.8, 4) is 5.75 Å². The summed E-state index contributed by atoms with van der Waals surface area (Å²) in [5.74, 6) is 1.50. The Morgan fingerprint density at radius 1 is 1.28 bits per heavy atom. The van der Waals surface area contributed by atoms with Gasteiger partial charge in [0.05, 0.1) is 6.10 Å². The van der Waals surface area contributed by atoms with Crippen LogP contribution in [-0.2, 0) is 0 Å². The minimum absolute atomic E-state index is 0.226. The van der Waals surface area contributed by atoms with Crippen LogP contribution in [0.15, 0.2) is 24.3 Å². The zero-order valence-electron chi connectivity index (χ0n) is 11.6. The number of anilines is 1. The summed E-state index contributed by atoms with van der Waals surface area (Å²) in [6.07, 6.45) is 1.30. The first-order chi connectivity index (χ1) is 8.56. The second-order valence-electron chi connectivity index (χ2n) is 5.54. The molecular weight excluding hydrogens is 224 g/mol. The lowest BCUT2D eigenvalue weighted by Gasteiger charge is -2.36. The zero-order chi connectivity index (χ0) is 13.1. The SMILES string of the molecule is CC(C)Oc1ccc(N2CCC(N)C(C)C2)cc1. The number of piperidine rings is 1. The highest BCUT2D eigenvalue weighted by Gasteiger charge is 2.23. The maximum Gasteiger partial charge on any atom is 0.119 e. The van der Waals surface area contributed by atoms with E-state index in [4.69, 9.17) is 10.5 Å². The molecule has 0 amide bonds. The predicted octanol–water partition coefficient (Wildman–Crippen LogP) is 2.65. The van der Waals surface area contributed by atoms with Crippen LogP contribution in [-0.4, -0.2) is 25.2 Å². The Morgan fingerprint density at radius 2 is 1.94 bits per heavy atom. The first-order valence-corrected chi connectivity index (χ1v) is 6.83. The maximum atomic E-state index is 6.05. The highest BCUT2D eigenvalue weighted by Crippen LogP contribution is 2.24. The maximum absolute atomic E-state index is 6.05. The Morgan fingerprint density at radius 3 is 2.50 bits per heavy atom. The van der Waals surface area contributed by atoms with Gasteiger partial charge >= 0.3 is 0 Å². The summed E-state index contributed by atoms with van der Waals surface area (Å²) < 4.78 is 5.66. The van der Waals surface area contributed by atoms with E-state index >= 15 is 0 Å². The van der Waals surface area contributed by atoms with Crippen LogP contribution in [0, 0.1) is 5.92 Å². The van der Waals surface area contributed by atoms with Gasteiger partial charge in [-0.1, -0.05) is 6.92 Å². The van der Waals surface area contributed by atoms with E-state index < -0.39 is 0 Å². The Bertz CT molecular complexity index is 375. The molecule has 0 aromatic heterocycles. The Labute approximate surface area is 110 Å². The fourth-order valence-corrected chi connectivity index (χ4v) is 2.41. The third-order valence-corrected chi connectivity index (χ3v) is 3.55. The van der Waals surface area contributed by atoms with Crippen LogP contribution in [0.4, 0.5) is 5.69 Å². The monoisotopic (exact) mass is 248 g/mol. The summed E-state index contributed by atoms with van der Waals surface area (Å²) in [6.45, 7) is 8.41. The van der Waals surface area contributed by atoms with E-state index in [0.717, 1.165) is 25.3 Å². The van der Waals surface area contributed by atoms with Gasteiger partial charge in [-0.3, -0.25) is 0 Å². The third kappa shape index (κ3) is 3.16. The fraction of sp³-hybridized carbons (Fsp3) is 0.600. The molecule has 1 saturated heterocycles. The van der Waals surface area contributed by atoms with Gasteiger partial charge in [0.15, 0.2) is 0 Å². The van der Waals surface area contributed by atoms with Gasteiger partial charge in [0.2, 0.25) is 0 Å². The van der Waals surface area contributed by atoms with Gasteiger partial charge in [0.25, 0.3) is 0 Å². The van der Waals surface area contributed by atoms with Crippen LogP contribution in [0.25, 0.3) is 0 Å². The lowest BCUT2D eigenvalue weighted by Crippen LogP contribution is -2.45. The van der Waals surface area contributed by atoms with E-state index in [-0.39, 0.29) is 6.10 Å². The number of hydrogen-bond donors (Lipinski definition) is 1. The van der Waals surface area contributed by atoms with Crippen LogP contribution in [0.1, 0.15) is 27.2 Å². The number of benzene rings is 1. The molecule has 1 aliphatic rings. The summed E-state index contributed by atoms with van der Waals surface area (Å²) in [6, 6.07) is 8.73. The number of rotatable bonds is 3. The molecule has 2 atom stereocenters. The normalized spacial score (nSPS) is 24.4. The third-order valence-electron chi connectivity index (χ3n) is 3.55. The molecule has 100 valence electrons. The highest BCUT2D eigenvalue weighted by molar-refractivity contribution is 5.49. The fourth-order valence-electron chi connectivity index (χ4n) is 2.41. The van der Waals surface area contributed by atoms with Crippen LogP contribution < -0.4 is 15.4 Å². The van der Waals surface area contributed by atoms with Crippen molar-refractivity contribution >= 4 is 5.69 Å². The van der Waals surface area contributed by atoms with Crippen LogP contribution in [0.2, 0.25) is 0 Å². The first-order valence-electron chi connectivity index (χ1n) is 6.83. The van der Waals surface area contributed by atoms with Crippen LogP contribution in [0.3, 0.4) is 0 Å². The largest absolute Gasteiger partial charge is 0.491 e. The standard InChI is InChI=1S/C15H24N2O/c1-11(2)18-14-6-4-13(5-7-14)17-9-8-15(16)12(3)10-17/h4-7,11-12,15H,8-10,16H2,1-3H3. The Balaban J connectivity index is 2.01. The lowest BCUT2D eigenvalue weighted by atomic mass is 9.94. The summed E-state index contributed by atoms with van der Waals surface area (Å²) in [4.78, 5) is 2.41. The molecule has 1 heterocycles. The lowest BCUT2D eigenvalue weighted by molar-refractivity contribution is 0.242. The summed E-state index contributed by atoms with van der Waals surface area (Å²) in [5, 5.41) is 0. The van der Waals surface area contributed by atoms with Crippen molar-refractivity contribution in [2.24, 2.45) is 11.7 Å². The minimum Gasteiger partial charge on any atom is -0.491 e. The number of nitrogens with zero attached hydrogens (tertiary/aromatic N) is 1. The van der Waals surface area contributed by atoms with E-state index in [0.29, 0.717) is 12.0 Å². The highest BCUT2D eigenvalue weighted by atomic mass is 16.5. The van der Waals surface area contributed by atoms with E-state index in [1.807, 2.05) is 13.8 Å². The molecule has 0 spiro atoms. The summed E-state index contributed by atoms with van der Waals surface area (Å²) in [7, 11) is 0. The number of hydrogen-bond acceptors (Lipinski definition) is 3. The van der Waals surface area contributed by atoms with Gasteiger partial charge in [-0.15, -0.1) is 0 Å². The zero-order valence-corrected chi connectivity index (χ0v) is 11.6. The van der Waals surface area contributed by atoms with Crippen LogP contribution in [0.5, 0.6) is 5.75 Å². The Kier molecular flexibility index (Phi) is 4.12. The predicted molar refractivity (Wildman–Crippen MR) is 76.2 cm³/mol. The molecular formula is C15H24N2O. The molecule has 0 radical (unpaired) electrons. The van der Waals surface area contributed by atoms with Gasteiger partial charge in [0, 0.05) is 24.8 Å². The quantitative estimate of drug-likeness (QED) is 0.893. The molecule has 2 N–H and O–H groups in total. The molecule has 2 unspecified atom stereocenters. The van der Waals surface area contributed by atoms with E-state index in [1.54, 1.807) is 0 Å². The molecule has 1 aromatic rings. The van der Waals surface area contributed by atoms with Crippen molar-refractivity contribution in [2.45, 2.75) is 39.3 Å². The van der Waals surface area contributed by atoms with Gasteiger partial charge in [-0.2, -0.15) is 0 Å². The molecule has 0 aliphatic carbocycles. The van der Waals surface area contributed by atoms with E-state index in [9.17, 15) is 0 Å². The molecule has 2 rings (SSSR count). The summed E-state index contributed by atoms with van der Waals surface area (Å²) in [5.41, 5.74) is 7.32. The van der Waals surface area contributed by atoms with Gasteiger partial charge in [0.1, 0.15) is 5.75 Å². The average molecular weight is 248 g/mol. The molecule has 1 fully saturated rings. The number of ether oxygens (including phenoxy) is 1. The van der Waals surface area contributed by atoms with Crippen molar-refractivity contribution in [3.63, 3.8) is 0 Å². The molecule has 18 heavy (non-hydrogen) atoms. The second-order valence-corrected chi connectivity index (χ2v) is 5.54. The van der Waals surface area contributed by atoms with E-state index in [1.165, 1.54) is 5.69 Å². The van der Waals surface area contributed by atoms with Gasteiger partial charge in [-0.25, -0.2) is 0 Å². The minimum atomic E-state index is 0.226. The van der Waals surface area contributed by atoms with Crippen molar-refractivity contribution < 1.29 is 4.74 Å². The smallest absolute Gasteiger partial charge is 0.119 e. The second kappa shape index (κ2) is 5.61. The van der Waals surface area contributed by atoms with Gasteiger partial charge < -0.3 is 15.4 Å².